The van der Waals surface area contributed by atoms with Gasteiger partial charge in [-0.3, -0.25) is 9.69 Å². The average molecular weight is 361 g/mol. The number of methoxy groups -OCH3 is 1. The second-order valence-electron chi connectivity index (χ2n) is 5.89. The van der Waals surface area contributed by atoms with E-state index in [9.17, 15) is 4.79 Å². The van der Waals surface area contributed by atoms with Crippen LogP contribution >= 0.6 is 11.3 Å². The molecule has 134 valence electrons. The minimum Gasteiger partial charge on any atom is -0.496 e. The van der Waals surface area contributed by atoms with Gasteiger partial charge in [-0.15, -0.1) is 11.3 Å². The molecular formula is C18H23N3O3S. The molecule has 7 heteroatoms. The molecule has 3 rings (SSSR count). The van der Waals surface area contributed by atoms with Crippen molar-refractivity contribution in [3.8, 4) is 5.75 Å². The van der Waals surface area contributed by atoms with Crippen LogP contribution in [0.5, 0.6) is 5.75 Å². The van der Waals surface area contributed by atoms with Crippen LogP contribution in [0.1, 0.15) is 17.7 Å². The zero-order valence-electron chi connectivity index (χ0n) is 14.4. The third-order valence-corrected chi connectivity index (χ3v) is 4.91. The number of hydrogen-bond acceptors (Lipinski definition) is 6. The predicted molar refractivity (Wildman–Crippen MR) is 98.2 cm³/mol. The van der Waals surface area contributed by atoms with Crippen molar-refractivity contribution in [1.82, 2.24) is 9.88 Å². The normalized spacial score (nSPS) is 15.1. The summed E-state index contributed by atoms with van der Waals surface area (Å²) in [6.45, 7) is 4.21. The quantitative estimate of drug-likeness (QED) is 0.821. The van der Waals surface area contributed by atoms with Crippen molar-refractivity contribution in [1.29, 1.82) is 0 Å². The van der Waals surface area contributed by atoms with Crippen LogP contribution in [0.4, 0.5) is 5.13 Å². The van der Waals surface area contributed by atoms with E-state index in [4.69, 9.17) is 9.47 Å². The van der Waals surface area contributed by atoms with Crippen LogP contribution in [0.15, 0.2) is 29.6 Å². The summed E-state index contributed by atoms with van der Waals surface area (Å²) in [6, 6.07) is 7.77. The number of aryl methyl sites for hydroxylation is 1. The Morgan fingerprint density at radius 2 is 2.16 bits per heavy atom. The SMILES string of the molecule is COc1ccccc1CCC(=O)Nc1nc(CN2CCOCC2)cs1. The van der Waals surface area contributed by atoms with Gasteiger partial charge in [-0.25, -0.2) is 4.98 Å². The van der Waals surface area contributed by atoms with Crippen LogP contribution < -0.4 is 10.1 Å². The number of benzene rings is 1. The van der Waals surface area contributed by atoms with Crippen LogP contribution in [0.2, 0.25) is 0 Å². The molecule has 1 aliphatic rings. The third kappa shape index (κ3) is 5.26. The van der Waals surface area contributed by atoms with E-state index in [0.717, 1.165) is 49.9 Å². The lowest BCUT2D eigenvalue weighted by atomic mass is 10.1. The van der Waals surface area contributed by atoms with Crippen LogP contribution in [0.25, 0.3) is 0 Å². The minimum atomic E-state index is -0.0295. The first-order valence-electron chi connectivity index (χ1n) is 8.41. The summed E-state index contributed by atoms with van der Waals surface area (Å²) >= 11 is 1.47. The highest BCUT2D eigenvalue weighted by Crippen LogP contribution is 2.20. The molecule has 6 nitrogen and oxygen atoms in total. The summed E-state index contributed by atoms with van der Waals surface area (Å²) in [4.78, 5) is 19.0. The predicted octanol–water partition coefficient (Wildman–Crippen LogP) is 2.56. The number of hydrogen-bond donors (Lipinski definition) is 1. The van der Waals surface area contributed by atoms with Crippen LogP contribution in [0, 0.1) is 0 Å². The molecule has 2 heterocycles. The van der Waals surface area contributed by atoms with Gasteiger partial charge in [-0.2, -0.15) is 0 Å². The Morgan fingerprint density at radius 1 is 1.36 bits per heavy atom. The van der Waals surface area contributed by atoms with E-state index in [1.807, 2.05) is 29.6 Å². The number of rotatable bonds is 7. The zero-order valence-corrected chi connectivity index (χ0v) is 15.2. The lowest BCUT2D eigenvalue weighted by molar-refractivity contribution is -0.116. The minimum absolute atomic E-state index is 0.0295. The Balaban J connectivity index is 1.48. The molecule has 0 spiro atoms. The summed E-state index contributed by atoms with van der Waals surface area (Å²) in [5, 5.41) is 5.56. The monoisotopic (exact) mass is 361 g/mol. The number of nitrogens with zero attached hydrogens (tertiary/aromatic N) is 2. The highest BCUT2D eigenvalue weighted by Gasteiger charge is 2.13. The second kappa shape index (κ2) is 8.94. The maximum absolute atomic E-state index is 12.2. The Labute approximate surface area is 151 Å². The van der Waals surface area contributed by atoms with E-state index in [1.165, 1.54) is 11.3 Å². The molecule has 1 aliphatic heterocycles. The van der Waals surface area contributed by atoms with E-state index in [1.54, 1.807) is 7.11 Å². The molecule has 1 amide bonds. The van der Waals surface area contributed by atoms with E-state index in [2.05, 4.69) is 15.2 Å². The lowest BCUT2D eigenvalue weighted by Gasteiger charge is -2.25. The van der Waals surface area contributed by atoms with Crippen LogP contribution in [0.3, 0.4) is 0 Å². The number of nitrogens with one attached hydrogen (secondary N) is 1. The van der Waals surface area contributed by atoms with Gasteiger partial charge in [-0.05, 0) is 18.1 Å². The number of aromatic nitrogens is 1. The van der Waals surface area contributed by atoms with Gasteiger partial charge in [0.25, 0.3) is 0 Å². The lowest BCUT2D eigenvalue weighted by Crippen LogP contribution is -2.35. The molecule has 2 aromatic rings. The van der Waals surface area contributed by atoms with Gasteiger partial charge in [0.1, 0.15) is 5.75 Å². The number of thiazole rings is 1. The van der Waals surface area contributed by atoms with Crippen molar-refractivity contribution in [2.45, 2.75) is 19.4 Å². The Hall–Kier alpha value is -1.96. The Kier molecular flexibility index (Phi) is 6.38. The van der Waals surface area contributed by atoms with Crippen molar-refractivity contribution in [3.05, 3.63) is 40.9 Å². The number of morpholine rings is 1. The van der Waals surface area contributed by atoms with Gasteiger partial charge >= 0.3 is 0 Å². The first-order valence-corrected chi connectivity index (χ1v) is 9.29. The molecule has 1 saturated heterocycles. The third-order valence-electron chi connectivity index (χ3n) is 4.10. The van der Waals surface area contributed by atoms with Gasteiger partial charge < -0.3 is 14.8 Å². The fourth-order valence-corrected chi connectivity index (χ4v) is 3.48. The molecule has 1 fully saturated rings. The van der Waals surface area contributed by atoms with Gasteiger partial charge in [0.15, 0.2) is 5.13 Å². The van der Waals surface area contributed by atoms with Crippen molar-refractivity contribution in [2.75, 3.05) is 38.7 Å². The number of amides is 1. The van der Waals surface area contributed by atoms with Crippen molar-refractivity contribution >= 4 is 22.4 Å². The maximum Gasteiger partial charge on any atom is 0.226 e. The maximum atomic E-state index is 12.2. The smallest absolute Gasteiger partial charge is 0.226 e. The van der Waals surface area contributed by atoms with Crippen molar-refractivity contribution in [2.24, 2.45) is 0 Å². The molecule has 0 aliphatic carbocycles. The number of ether oxygens (including phenoxy) is 2. The van der Waals surface area contributed by atoms with Crippen molar-refractivity contribution in [3.63, 3.8) is 0 Å². The van der Waals surface area contributed by atoms with Crippen LogP contribution in [-0.2, 0) is 22.5 Å². The fraction of sp³-hybridized carbons (Fsp3) is 0.444. The van der Waals surface area contributed by atoms with E-state index in [0.29, 0.717) is 18.0 Å². The number of carbonyl (C=O) groups excluding carboxylic acids is 1. The summed E-state index contributed by atoms with van der Waals surface area (Å²) in [7, 11) is 1.64. The van der Waals surface area contributed by atoms with Crippen molar-refractivity contribution < 1.29 is 14.3 Å². The average Bonchev–Trinajstić information content (AvgIpc) is 3.07. The molecule has 0 unspecified atom stereocenters. The highest BCUT2D eigenvalue weighted by molar-refractivity contribution is 7.13. The number of carbonyl (C=O) groups is 1. The summed E-state index contributed by atoms with van der Waals surface area (Å²) < 4.78 is 10.7. The fourth-order valence-electron chi connectivity index (χ4n) is 2.76. The molecular weight excluding hydrogens is 338 g/mol. The van der Waals surface area contributed by atoms with E-state index in [-0.39, 0.29) is 5.91 Å². The Morgan fingerprint density at radius 3 is 2.96 bits per heavy atom. The molecule has 1 N–H and O–H groups in total. The highest BCUT2D eigenvalue weighted by atomic mass is 32.1. The number of anilines is 1. The van der Waals surface area contributed by atoms with Gasteiger partial charge in [0.05, 0.1) is 26.0 Å². The van der Waals surface area contributed by atoms with Gasteiger partial charge in [-0.1, -0.05) is 18.2 Å². The summed E-state index contributed by atoms with van der Waals surface area (Å²) in [5.74, 6) is 0.788. The zero-order chi connectivity index (χ0) is 17.5. The molecule has 1 aromatic carbocycles. The molecule has 1 aromatic heterocycles. The molecule has 25 heavy (non-hydrogen) atoms. The van der Waals surface area contributed by atoms with E-state index < -0.39 is 0 Å². The topological polar surface area (TPSA) is 63.7 Å². The molecule has 0 bridgehead atoms. The standard InChI is InChI=1S/C18H23N3O3S/c1-23-16-5-3-2-4-14(16)6-7-17(22)20-18-19-15(13-25-18)12-21-8-10-24-11-9-21/h2-5,13H,6-12H2,1H3,(H,19,20,22). The second-order valence-corrected chi connectivity index (χ2v) is 6.75. The van der Waals surface area contributed by atoms with Gasteiger partial charge in [0.2, 0.25) is 5.91 Å². The van der Waals surface area contributed by atoms with E-state index >= 15 is 0 Å². The first-order chi connectivity index (χ1) is 12.2. The number of para-hydroxylation sites is 1. The summed E-state index contributed by atoms with van der Waals surface area (Å²) in [5.41, 5.74) is 2.03. The first kappa shape index (κ1) is 17.8. The Bertz CT molecular complexity index is 698. The molecule has 0 atom stereocenters. The summed E-state index contributed by atoms with van der Waals surface area (Å²) in [6.07, 6.45) is 1.04. The largest absolute Gasteiger partial charge is 0.496 e. The van der Waals surface area contributed by atoms with Gasteiger partial charge in [0, 0.05) is 31.4 Å². The van der Waals surface area contributed by atoms with Crippen LogP contribution in [-0.4, -0.2) is 49.2 Å². The molecule has 0 saturated carbocycles. The molecule has 0 radical (unpaired) electrons.